The molecular formula is C16H20N4O. The molecule has 0 radical (unpaired) electrons. The van der Waals surface area contributed by atoms with E-state index >= 15 is 0 Å². The SMILES string of the molecule is O=C(NCc1cnnn1-c1ccccc1)C1CCCCC1. The van der Waals surface area contributed by atoms with E-state index in [1.54, 1.807) is 10.9 Å². The average molecular weight is 284 g/mol. The molecule has 0 atom stereocenters. The van der Waals surface area contributed by atoms with Crippen LogP contribution in [0.15, 0.2) is 36.5 Å². The number of nitrogens with one attached hydrogen (secondary N) is 1. The molecule has 1 N–H and O–H groups in total. The van der Waals surface area contributed by atoms with E-state index in [9.17, 15) is 4.79 Å². The van der Waals surface area contributed by atoms with Gasteiger partial charge in [0.25, 0.3) is 0 Å². The van der Waals surface area contributed by atoms with Crippen LogP contribution in [0.1, 0.15) is 37.8 Å². The van der Waals surface area contributed by atoms with Crippen molar-refractivity contribution in [2.24, 2.45) is 5.92 Å². The third kappa shape index (κ3) is 3.29. The average Bonchev–Trinajstić information content (AvgIpc) is 3.03. The van der Waals surface area contributed by atoms with Gasteiger partial charge in [-0.3, -0.25) is 4.79 Å². The number of nitrogens with zero attached hydrogens (tertiary/aromatic N) is 3. The molecule has 1 aromatic heterocycles. The zero-order valence-electron chi connectivity index (χ0n) is 12.0. The molecule has 1 fully saturated rings. The molecule has 5 nitrogen and oxygen atoms in total. The maximum atomic E-state index is 12.2. The van der Waals surface area contributed by atoms with Gasteiger partial charge in [0.1, 0.15) is 0 Å². The molecule has 3 rings (SSSR count). The topological polar surface area (TPSA) is 59.8 Å². The Kier molecular flexibility index (Phi) is 4.28. The summed E-state index contributed by atoms with van der Waals surface area (Å²) in [7, 11) is 0. The highest BCUT2D eigenvalue weighted by molar-refractivity contribution is 5.78. The van der Waals surface area contributed by atoms with E-state index < -0.39 is 0 Å². The van der Waals surface area contributed by atoms with E-state index in [1.807, 2.05) is 30.3 Å². The number of carbonyl (C=O) groups is 1. The molecule has 1 aliphatic rings. The zero-order valence-corrected chi connectivity index (χ0v) is 12.0. The predicted molar refractivity (Wildman–Crippen MR) is 79.8 cm³/mol. The fraction of sp³-hybridized carbons (Fsp3) is 0.438. The van der Waals surface area contributed by atoms with Crippen molar-refractivity contribution in [2.75, 3.05) is 0 Å². The molecule has 1 aromatic carbocycles. The molecular weight excluding hydrogens is 264 g/mol. The summed E-state index contributed by atoms with van der Waals surface area (Å²) in [6.07, 6.45) is 7.33. The molecule has 2 aromatic rings. The molecule has 0 aliphatic heterocycles. The smallest absolute Gasteiger partial charge is 0.223 e. The largest absolute Gasteiger partial charge is 0.350 e. The van der Waals surface area contributed by atoms with E-state index in [4.69, 9.17) is 0 Å². The summed E-state index contributed by atoms with van der Waals surface area (Å²) in [5.74, 6) is 0.343. The molecule has 1 heterocycles. The first-order valence-corrected chi connectivity index (χ1v) is 7.57. The molecule has 1 saturated carbocycles. The molecule has 1 amide bonds. The van der Waals surface area contributed by atoms with Gasteiger partial charge >= 0.3 is 0 Å². The first kappa shape index (κ1) is 13.8. The van der Waals surface area contributed by atoms with Crippen LogP contribution in [0.5, 0.6) is 0 Å². The Hall–Kier alpha value is -2.17. The number of benzene rings is 1. The van der Waals surface area contributed by atoms with Crippen molar-refractivity contribution in [2.45, 2.75) is 38.6 Å². The molecule has 0 saturated heterocycles. The lowest BCUT2D eigenvalue weighted by Crippen LogP contribution is -2.32. The summed E-state index contributed by atoms with van der Waals surface area (Å²) in [6, 6.07) is 9.83. The number of rotatable bonds is 4. The maximum Gasteiger partial charge on any atom is 0.223 e. The van der Waals surface area contributed by atoms with E-state index in [1.165, 1.54) is 19.3 Å². The number of amides is 1. The van der Waals surface area contributed by atoms with Crippen LogP contribution < -0.4 is 5.32 Å². The zero-order chi connectivity index (χ0) is 14.5. The van der Waals surface area contributed by atoms with Crippen molar-refractivity contribution in [3.8, 4) is 5.69 Å². The summed E-state index contributed by atoms with van der Waals surface area (Å²) in [5.41, 5.74) is 1.85. The van der Waals surface area contributed by atoms with Crippen LogP contribution in [-0.2, 0) is 11.3 Å². The number of carbonyl (C=O) groups excluding carboxylic acids is 1. The second kappa shape index (κ2) is 6.52. The number of hydrogen-bond donors (Lipinski definition) is 1. The van der Waals surface area contributed by atoms with Gasteiger partial charge in [-0.25, -0.2) is 4.68 Å². The van der Waals surface area contributed by atoms with Crippen LogP contribution in [0.4, 0.5) is 0 Å². The van der Waals surface area contributed by atoms with Crippen molar-refractivity contribution >= 4 is 5.91 Å². The van der Waals surface area contributed by atoms with Gasteiger partial charge in [0.05, 0.1) is 24.1 Å². The Bertz CT molecular complexity index is 587. The number of aromatic nitrogens is 3. The Morgan fingerprint density at radius 1 is 1.19 bits per heavy atom. The highest BCUT2D eigenvalue weighted by atomic mass is 16.1. The van der Waals surface area contributed by atoms with Gasteiger partial charge in [0.15, 0.2) is 0 Å². The van der Waals surface area contributed by atoms with Gasteiger partial charge in [-0.1, -0.05) is 42.7 Å². The van der Waals surface area contributed by atoms with Gasteiger partial charge < -0.3 is 5.32 Å². The number of para-hydroxylation sites is 1. The second-order valence-corrected chi connectivity index (χ2v) is 5.53. The van der Waals surface area contributed by atoms with Crippen molar-refractivity contribution < 1.29 is 4.79 Å². The van der Waals surface area contributed by atoms with Gasteiger partial charge in [0, 0.05) is 5.92 Å². The van der Waals surface area contributed by atoms with Gasteiger partial charge in [0.2, 0.25) is 5.91 Å². The Labute approximate surface area is 124 Å². The van der Waals surface area contributed by atoms with Crippen LogP contribution in [0, 0.1) is 5.92 Å². The minimum atomic E-state index is 0.163. The highest BCUT2D eigenvalue weighted by Gasteiger charge is 2.21. The molecule has 0 spiro atoms. The van der Waals surface area contributed by atoms with Crippen molar-refractivity contribution in [3.63, 3.8) is 0 Å². The molecule has 0 bridgehead atoms. The fourth-order valence-corrected chi connectivity index (χ4v) is 2.85. The van der Waals surface area contributed by atoms with Crippen LogP contribution in [0.25, 0.3) is 5.69 Å². The molecule has 0 unspecified atom stereocenters. The van der Waals surface area contributed by atoms with Crippen molar-refractivity contribution in [1.82, 2.24) is 20.3 Å². The lowest BCUT2D eigenvalue weighted by molar-refractivity contribution is -0.126. The first-order chi connectivity index (χ1) is 10.3. The third-order valence-corrected chi connectivity index (χ3v) is 4.04. The number of hydrogen-bond acceptors (Lipinski definition) is 3. The summed E-state index contributed by atoms with van der Waals surface area (Å²) in [4.78, 5) is 12.2. The van der Waals surface area contributed by atoms with E-state index in [0.717, 1.165) is 24.2 Å². The van der Waals surface area contributed by atoms with Gasteiger partial charge in [-0.15, -0.1) is 5.10 Å². The Balaban J connectivity index is 1.63. The second-order valence-electron chi connectivity index (χ2n) is 5.53. The minimum Gasteiger partial charge on any atom is -0.350 e. The van der Waals surface area contributed by atoms with Gasteiger partial charge in [-0.2, -0.15) is 0 Å². The Morgan fingerprint density at radius 2 is 1.95 bits per heavy atom. The summed E-state index contributed by atoms with van der Waals surface area (Å²) in [6.45, 7) is 0.469. The standard InChI is InChI=1S/C16H20N4O/c21-16(13-7-3-1-4-8-13)17-11-15-12-18-19-20(15)14-9-5-2-6-10-14/h2,5-6,9-10,12-13H,1,3-4,7-8,11H2,(H,17,21). The van der Waals surface area contributed by atoms with Crippen molar-refractivity contribution in [3.05, 3.63) is 42.2 Å². The Morgan fingerprint density at radius 3 is 2.71 bits per heavy atom. The van der Waals surface area contributed by atoms with E-state index in [-0.39, 0.29) is 11.8 Å². The minimum absolute atomic E-state index is 0.163. The monoisotopic (exact) mass is 284 g/mol. The van der Waals surface area contributed by atoms with E-state index in [2.05, 4.69) is 15.6 Å². The van der Waals surface area contributed by atoms with E-state index in [0.29, 0.717) is 6.54 Å². The molecule has 1 aliphatic carbocycles. The van der Waals surface area contributed by atoms with Crippen LogP contribution in [0.3, 0.4) is 0 Å². The van der Waals surface area contributed by atoms with Crippen LogP contribution >= 0.6 is 0 Å². The quantitative estimate of drug-likeness (QED) is 0.938. The first-order valence-electron chi connectivity index (χ1n) is 7.57. The molecule has 5 heteroatoms. The fourth-order valence-electron chi connectivity index (χ4n) is 2.85. The normalized spacial score (nSPS) is 15.8. The maximum absolute atomic E-state index is 12.2. The lowest BCUT2D eigenvalue weighted by atomic mass is 9.89. The summed E-state index contributed by atoms with van der Waals surface area (Å²) >= 11 is 0. The van der Waals surface area contributed by atoms with Crippen molar-refractivity contribution in [1.29, 1.82) is 0 Å². The highest BCUT2D eigenvalue weighted by Crippen LogP contribution is 2.23. The molecule has 21 heavy (non-hydrogen) atoms. The third-order valence-electron chi connectivity index (χ3n) is 4.04. The summed E-state index contributed by atoms with van der Waals surface area (Å²) in [5, 5.41) is 11.1. The summed E-state index contributed by atoms with van der Waals surface area (Å²) < 4.78 is 1.77. The van der Waals surface area contributed by atoms with Crippen LogP contribution in [0.2, 0.25) is 0 Å². The van der Waals surface area contributed by atoms with Crippen LogP contribution in [-0.4, -0.2) is 20.9 Å². The molecule has 110 valence electrons. The van der Waals surface area contributed by atoms with Gasteiger partial charge in [-0.05, 0) is 25.0 Å². The predicted octanol–water partition coefficient (Wildman–Crippen LogP) is 2.46. The lowest BCUT2D eigenvalue weighted by Gasteiger charge is -2.20.